The van der Waals surface area contributed by atoms with Gasteiger partial charge in [0.05, 0.1) is 24.8 Å². The first-order valence-corrected chi connectivity index (χ1v) is 12.4. The van der Waals surface area contributed by atoms with Crippen molar-refractivity contribution in [3.05, 3.63) is 59.9 Å². The molecule has 0 saturated carbocycles. The van der Waals surface area contributed by atoms with Crippen molar-refractivity contribution in [2.24, 2.45) is 5.92 Å². The lowest BCUT2D eigenvalue weighted by Gasteiger charge is -2.16. The standard InChI is InChI=1S/C27H28F4N4O5/c1-16(27(29,30)31)40-15-17-5-3-6-18(11-17)21-13-23(33-26(37)19-12-24(36)32-14-19)34-35(21)20-7-4-8-22(25(20)28)39-10-9-38-2/h3-8,11,13,16,19H,9-10,12,14-15H2,1-2H3,(H,32,36)(H,33,34,37)/t16-,19+/m1/s1. The lowest BCUT2D eigenvalue weighted by molar-refractivity contribution is -0.217. The first-order chi connectivity index (χ1) is 19.1. The molecule has 40 heavy (non-hydrogen) atoms. The van der Waals surface area contributed by atoms with Crippen LogP contribution in [0.5, 0.6) is 5.75 Å². The van der Waals surface area contributed by atoms with Gasteiger partial charge in [-0.2, -0.15) is 13.2 Å². The summed E-state index contributed by atoms with van der Waals surface area (Å²) >= 11 is 0. The third kappa shape index (κ3) is 6.96. The van der Waals surface area contributed by atoms with Crippen LogP contribution in [0.3, 0.4) is 0 Å². The summed E-state index contributed by atoms with van der Waals surface area (Å²) in [5, 5.41) is 9.66. The Bertz CT molecular complexity index is 1360. The number of hydrogen-bond acceptors (Lipinski definition) is 6. The van der Waals surface area contributed by atoms with Gasteiger partial charge in [0.15, 0.2) is 23.5 Å². The van der Waals surface area contributed by atoms with Crippen LogP contribution in [0.1, 0.15) is 18.9 Å². The number of aromatic nitrogens is 2. The van der Waals surface area contributed by atoms with E-state index in [-0.39, 0.29) is 55.9 Å². The van der Waals surface area contributed by atoms with Crippen molar-refractivity contribution in [2.75, 3.05) is 32.2 Å². The van der Waals surface area contributed by atoms with Gasteiger partial charge in [0.1, 0.15) is 12.3 Å². The highest BCUT2D eigenvalue weighted by Gasteiger charge is 2.37. The first-order valence-electron chi connectivity index (χ1n) is 12.4. The molecule has 4 rings (SSSR count). The van der Waals surface area contributed by atoms with E-state index < -0.39 is 29.9 Å². The second-order valence-corrected chi connectivity index (χ2v) is 9.15. The molecule has 2 heterocycles. The van der Waals surface area contributed by atoms with E-state index in [1.165, 1.54) is 30.0 Å². The van der Waals surface area contributed by atoms with Crippen molar-refractivity contribution in [3.63, 3.8) is 0 Å². The molecule has 2 N–H and O–H groups in total. The van der Waals surface area contributed by atoms with Gasteiger partial charge < -0.3 is 24.8 Å². The van der Waals surface area contributed by atoms with E-state index in [1.807, 2.05) is 0 Å². The summed E-state index contributed by atoms with van der Waals surface area (Å²) < 4.78 is 70.9. The third-order valence-corrected chi connectivity index (χ3v) is 6.21. The number of carbonyl (C=O) groups excluding carboxylic acids is 2. The zero-order chi connectivity index (χ0) is 28.9. The molecule has 1 fully saturated rings. The van der Waals surface area contributed by atoms with Gasteiger partial charge in [0, 0.05) is 31.7 Å². The minimum absolute atomic E-state index is 0.00970. The number of hydrogen-bond donors (Lipinski definition) is 2. The fourth-order valence-corrected chi connectivity index (χ4v) is 4.00. The molecule has 1 saturated heterocycles. The highest BCUT2D eigenvalue weighted by Crippen LogP contribution is 2.31. The molecular formula is C27H28F4N4O5. The summed E-state index contributed by atoms with van der Waals surface area (Å²) in [7, 11) is 1.49. The topological polar surface area (TPSA) is 104 Å². The van der Waals surface area contributed by atoms with Gasteiger partial charge in [0.25, 0.3) is 0 Å². The van der Waals surface area contributed by atoms with Crippen molar-refractivity contribution in [3.8, 4) is 22.7 Å². The molecule has 2 atom stereocenters. The fourth-order valence-electron chi connectivity index (χ4n) is 4.00. The van der Waals surface area contributed by atoms with E-state index in [9.17, 15) is 22.8 Å². The van der Waals surface area contributed by atoms with Crippen LogP contribution in [0.15, 0.2) is 48.5 Å². The van der Waals surface area contributed by atoms with Gasteiger partial charge in [-0.15, -0.1) is 5.10 Å². The molecule has 0 spiro atoms. The van der Waals surface area contributed by atoms with E-state index in [0.717, 1.165) is 6.92 Å². The van der Waals surface area contributed by atoms with Crippen LogP contribution in [-0.4, -0.2) is 60.7 Å². The van der Waals surface area contributed by atoms with Crippen molar-refractivity contribution in [2.45, 2.75) is 32.2 Å². The van der Waals surface area contributed by atoms with Gasteiger partial charge in [-0.3, -0.25) is 9.59 Å². The minimum Gasteiger partial charge on any atom is -0.488 e. The first kappa shape index (κ1) is 29.0. The molecule has 9 nitrogen and oxygen atoms in total. The molecule has 13 heteroatoms. The lowest BCUT2D eigenvalue weighted by atomic mass is 10.1. The van der Waals surface area contributed by atoms with E-state index in [1.54, 1.807) is 30.3 Å². The van der Waals surface area contributed by atoms with Crippen LogP contribution in [-0.2, 0) is 25.7 Å². The van der Waals surface area contributed by atoms with E-state index >= 15 is 4.39 Å². The number of benzene rings is 2. The monoisotopic (exact) mass is 564 g/mol. The molecule has 2 aromatic carbocycles. The molecule has 1 aromatic heterocycles. The Hall–Kier alpha value is -3.97. The molecule has 3 aromatic rings. The summed E-state index contributed by atoms with van der Waals surface area (Å²) in [6.07, 6.45) is -6.43. The Kier molecular flexibility index (Phi) is 9.05. The van der Waals surface area contributed by atoms with Gasteiger partial charge in [-0.25, -0.2) is 9.07 Å². The Balaban J connectivity index is 1.69. The highest BCUT2D eigenvalue weighted by atomic mass is 19.4. The Morgan fingerprint density at radius 2 is 1.98 bits per heavy atom. The van der Waals surface area contributed by atoms with Crippen LogP contribution < -0.4 is 15.4 Å². The van der Waals surface area contributed by atoms with Crippen LogP contribution in [0.4, 0.5) is 23.4 Å². The molecule has 214 valence electrons. The predicted molar refractivity (Wildman–Crippen MR) is 136 cm³/mol. The summed E-state index contributed by atoms with van der Waals surface area (Å²) in [4.78, 5) is 24.3. The SMILES string of the molecule is COCCOc1cccc(-n2nc(NC(=O)[C@@H]3CNC(=O)C3)cc2-c2cccc(CO[C@H](C)C(F)(F)F)c2)c1F. The Labute approximate surface area is 227 Å². The zero-order valence-electron chi connectivity index (χ0n) is 21.8. The minimum atomic E-state index is -4.50. The molecule has 1 aliphatic rings. The number of amides is 2. The number of anilines is 1. The normalized spacial score (nSPS) is 16.1. The number of carbonyl (C=O) groups is 2. The number of rotatable bonds is 11. The molecule has 0 unspecified atom stereocenters. The zero-order valence-corrected chi connectivity index (χ0v) is 21.8. The van der Waals surface area contributed by atoms with Crippen molar-refractivity contribution in [1.82, 2.24) is 15.1 Å². The van der Waals surface area contributed by atoms with Gasteiger partial charge in [-0.1, -0.05) is 24.3 Å². The highest BCUT2D eigenvalue weighted by molar-refractivity contribution is 5.97. The second-order valence-electron chi connectivity index (χ2n) is 9.15. The van der Waals surface area contributed by atoms with E-state index in [0.29, 0.717) is 16.8 Å². The molecule has 0 aliphatic carbocycles. The Morgan fingerprint density at radius 3 is 2.67 bits per heavy atom. The molecular weight excluding hydrogens is 536 g/mol. The van der Waals surface area contributed by atoms with Crippen LogP contribution in [0, 0.1) is 11.7 Å². The average molecular weight is 565 g/mol. The van der Waals surface area contributed by atoms with E-state index in [4.69, 9.17) is 14.2 Å². The smallest absolute Gasteiger partial charge is 0.414 e. The van der Waals surface area contributed by atoms with Crippen molar-refractivity contribution < 1.29 is 41.4 Å². The quantitative estimate of drug-likeness (QED) is 0.267. The number of alkyl halides is 3. The van der Waals surface area contributed by atoms with Gasteiger partial charge in [-0.05, 0) is 30.7 Å². The second kappa shape index (κ2) is 12.5. The van der Waals surface area contributed by atoms with Crippen LogP contribution >= 0.6 is 0 Å². The molecule has 1 aliphatic heterocycles. The van der Waals surface area contributed by atoms with E-state index in [2.05, 4.69) is 15.7 Å². The predicted octanol–water partition coefficient (Wildman–Crippen LogP) is 4.25. The largest absolute Gasteiger partial charge is 0.488 e. The van der Waals surface area contributed by atoms with Crippen molar-refractivity contribution >= 4 is 17.6 Å². The average Bonchev–Trinajstić information content (AvgIpc) is 3.54. The molecule has 0 bridgehead atoms. The summed E-state index contributed by atoms with van der Waals surface area (Å²) in [5.41, 5.74) is 1.28. The summed E-state index contributed by atoms with van der Waals surface area (Å²) in [6.45, 7) is 1.15. The Morgan fingerprint density at radius 1 is 1.20 bits per heavy atom. The number of nitrogens with one attached hydrogen (secondary N) is 2. The van der Waals surface area contributed by atoms with Gasteiger partial charge >= 0.3 is 6.18 Å². The summed E-state index contributed by atoms with van der Waals surface area (Å²) in [6, 6.07) is 12.5. The maximum atomic E-state index is 15.6. The van der Waals surface area contributed by atoms with Crippen molar-refractivity contribution in [1.29, 1.82) is 0 Å². The van der Waals surface area contributed by atoms with Crippen LogP contribution in [0.25, 0.3) is 16.9 Å². The third-order valence-electron chi connectivity index (χ3n) is 6.21. The summed E-state index contributed by atoms with van der Waals surface area (Å²) in [5.74, 6) is -1.93. The molecule has 0 radical (unpaired) electrons. The maximum Gasteiger partial charge on any atom is 0.414 e. The fraction of sp³-hybridized carbons (Fsp3) is 0.370. The number of ether oxygens (including phenoxy) is 3. The number of methoxy groups -OCH3 is 1. The van der Waals surface area contributed by atoms with Crippen LogP contribution in [0.2, 0.25) is 0 Å². The van der Waals surface area contributed by atoms with Gasteiger partial charge in [0.2, 0.25) is 11.8 Å². The lowest BCUT2D eigenvalue weighted by Crippen LogP contribution is -2.28. The maximum absolute atomic E-state index is 15.6. The molecule has 2 amide bonds. The number of halogens is 4. The number of nitrogens with zero attached hydrogens (tertiary/aromatic N) is 2.